The van der Waals surface area contributed by atoms with Crippen LogP contribution in [0.4, 0.5) is 5.69 Å². The Kier molecular flexibility index (Phi) is 4.84. The first kappa shape index (κ1) is 15.6. The molecule has 1 aromatic heterocycles. The van der Waals surface area contributed by atoms with Crippen molar-refractivity contribution in [2.75, 3.05) is 18.4 Å². The Morgan fingerprint density at radius 2 is 2.00 bits per heavy atom. The predicted octanol–water partition coefficient (Wildman–Crippen LogP) is 4.56. The molecule has 4 heteroatoms. The van der Waals surface area contributed by atoms with Gasteiger partial charge in [-0.2, -0.15) is 0 Å². The number of nitrogens with one attached hydrogen (secondary N) is 1. The zero-order chi connectivity index (χ0) is 15.5. The first-order valence-corrected chi connectivity index (χ1v) is 8.57. The van der Waals surface area contributed by atoms with Crippen LogP contribution in [0.3, 0.4) is 0 Å². The van der Waals surface area contributed by atoms with E-state index in [2.05, 4.69) is 29.0 Å². The summed E-state index contributed by atoms with van der Waals surface area (Å²) in [5.41, 5.74) is 2.08. The topological polar surface area (TPSA) is 28.2 Å². The van der Waals surface area contributed by atoms with Crippen molar-refractivity contribution in [3.05, 3.63) is 35.5 Å². The first-order valence-electron chi connectivity index (χ1n) is 8.19. The van der Waals surface area contributed by atoms with E-state index in [-0.39, 0.29) is 0 Å². The van der Waals surface area contributed by atoms with Gasteiger partial charge in [-0.15, -0.1) is 0 Å². The normalized spacial score (nSPS) is 22.9. The summed E-state index contributed by atoms with van der Waals surface area (Å²) in [6.07, 6.45) is 5.84. The number of aromatic nitrogens is 1. The van der Waals surface area contributed by atoms with Gasteiger partial charge in [0.1, 0.15) is 0 Å². The molecule has 22 heavy (non-hydrogen) atoms. The summed E-state index contributed by atoms with van der Waals surface area (Å²) in [4.78, 5) is 7.01. The van der Waals surface area contributed by atoms with E-state index >= 15 is 0 Å². The molecule has 1 saturated heterocycles. The number of hydrogen-bond donors (Lipinski definition) is 1. The average molecular weight is 318 g/mol. The van der Waals surface area contributed by atoms with Gasteiger partial charge in [0.25, 0.3) is 0 Å². The Bertz CT molecular complexity index is 633. The third kappa shape index (κ3) is 3.36. The predicted molar refractivity (Wildman–Crippen MR) is 94.7 cm³/mol. The third-order valence-electron chi connectivity index (χ3n) is 4.77. The van der Waals surface area contributed by atoms with E-state index in [4.69, 9.17) is 11.6 Å². The van der Waals surface area contributed by atoms with E-state index in [1.807, 2.05) is 30.5 Å². The molecule has 3 nitrogen and oxygen atoms in total. The highest BCUT2D eigenvalue weighted by molar-refractivity contribution is 6.31. The largest absolute Gasteiger partial charge is 0.383 e. The molecule has 118 valence electrons. The van der Waals surface area contributed by atoms with Crippen molar-refractivity contribution < 1.29 is 0 Å². The number of pyridine rings is 1. The SMILES string of the molecule is CC1CCCC(C)N1CCNc1ccnc2cc(Cl)ccc12. The number of piperidine rings is 1. The van der Waals surface area contributed by atoms with Crippen molar-refractivity contribution in [3.8, 4) is 0 Å². The lowest BCUT2D eigenvalue weighted by Crippen LogP contribution is -2.45. The molecule has 0 aliphatic carbocycles. The Morgan fingerprint density at radius 3 is 2.77 bits per heavy atom. The third-order valence-corrected chi connectivity index (χ3v) is 5.00. The van der Waals surface area contributed by atoms with E-state index in [1.165, 1.54) is 19.3 Å². The van der Waals surface area contributed by atoms with Crippen LogP contribution in [0.2, 0.25) is 5.02 Å². The zero-order valence-corrected chi connectivity index (χ0v) is 14.1. The number of rotatable bonds is 4. The van der Waals surface area contributed by atoms with E-state index in [9.17, 15) is 0 Å². The Labute approximate surface area is 137 Å². The lowest BCUT2D eigenvalue weighted by Gasteiger charge is -2.39. The second-order valence-electron chi connectivity index (χ2n) is 6.31. The molecule has 2 atom stereocenters. The number of hydrogen-bond acceptors (Lipinski definition) is 3. The fourth-order valence-electron chi connectivity index (χ4n) is 3.51. The average Bonchev–Trinajstić information content (AvgIpc) is 2.50. The molecule has 3 rings (SSSR count). The number of likely N-dealkylation sites (tertiary alicyclic amines) is 1. The minimum Gasteiger partial charge on any atom is -0.383 e. The van der Waals surface area contributed by atoms with E-state index in [0.717, 1.165) is 34.7 Å². The lowest BCUT2D eigenvalue weighted by molar-refractivity contribution is 0.109. The summed E-state index contributed by atoms with van der Waals surface area (Å²) in [5.74, 6) is 0. The van der Waals surface area contributed by atoms with E-state index in [1.54, 1.807) is 0 Å². The van der Waals surface area contributed by atoms with Crippen molar-refractivity contribution >= 4 is 28.2 Å². The van der Waals surface area contributed by atoms with Crippen LogP contribution in [-0.4, -0.2) is 35.1 Å². The molecule has 1 aliphatic heterocycles. The lowest BCUT2D eigenvalue weighted by atomic mass is 9.98. The van der Waals surface area contributed by atoms with Gasteiger partial charge < -0.3 is 5.32 Å². The van der Waals surface area contributed by atoms with E-state index in [0.29, 0.717) is 12.1 Å². The summed E-state index contributed by atoms with van der Waals surface area (Å²) >= 11 is 6.04. The van der Waals surface area contributed by atoms with Gasteiger partial charge >= 0.3 is 0 Å². The van der Waals surface area contributed by atoms with Gasteiger partial charge in [0.15, 0.2) is 0 Å². The molecule has 0 radical (unpaired) electrons. The number of nitrogens with zero attached hydrogens (tertiary/aromatic N) is 2. The quantitative estimate of drug-likeness (QED) is 0.895. The molecule has 1 fully saturated rings. The standard InChI is InChI=1S/C18H24ClN3/c1-13-4-3-5-14(2)22(13)11-10-21-17-8-9-20-18-12-15(19)6-7-16(17)18/h6-9,12-14H,3-5,10-11H2,1-2H3,(H,20,21). The van der Waals surface area contributed by atoms with Crippen LogP contribution in [0.1, 0.15) is 33.1 Å². The summed E-state index contributed by atoms with van der Waals surface area (Å²) in [7, 11) is 0. The van der Waals surface area contributed by atoms with Gasteiger partial charge in [-0.25, -0.2) is 0 Å². The van der Waals surface area contributed by atoms with Crippen LogP contribution in [0.25, 0.3) is 10.9 Å². The summed E-state index contributed by atoms with van der Waals surface area (Å²) < 4.78 is 0. The van der Waals surface area contributed by atoms with Crippen molar-refractivity contribution in [1.29, 1.82) is 0 Å². The molecule has 0 amide bonds. The second-order valence-corrected chi connectivity index (χ2v) is 6.75. The maximum atomic E-state index is 6.04. The Balaban J connectivity index is 1.66. The highest BCUT2D eigenvalue weighted by atomic mass is 35.5. The van der Waals surface area contributed by atoms with Crippen LogP contribution in [0.15, 0.2) is 30.5 Å². The van der Waals surface area contributed by atoms with Crippen molar-refractivity contribution in [1.82, 2.24) is 9.88 Å². The monoisotopic (exact) mass is 317 g/mol. The molecule has 2 heterocycles. The molecule has 0 saturated carbocycles. The smallest absolute Gasteiger partial charge is 0.0737 e. The van der Waals surface area contributed by atoms with Crippen LogP contribution >= 0.6 is 11.6 Å². The Morgan fingerprint density at radius 1 is 1.23 bits per heavy atom. The van der Waals surface area contributed by atoms with Crippen molar-refractivity contribution in [2.24, 2.45) is 0 Å². The zero-order valence-electron chi connectivity index (χ0n) is 13.3. The molecule has 0 spiro atoms. The number of benzene rings is 1. The summed E-state index contributed by atoms with van der Waals surface area (Å²) in [6.45, 7) is 6.73. The molecule has 0 bridgehead atoms. The number of anilines is 1. The minimum atomic E-state index is 0.693. The maximum absolute atomic E-state index is 6.04. The van der Waals surface area contributed by atoms with Crippen LogP contribution in [0.5, 0.6) is 0 Å². The summed E-state index contributed by atoms with van der Waals surface area (Å²) in [6, 6.07) is 9.30. The highest BCUT2D eigenvalue weighted by Crippen LogP contribution is 2.25. The maximum Gasteiger partial charge on any atom is 0.0737 e. The number of fused-ring (bicyclic) bond motifs is 1. The molecule has 2 unspecified atom stereocenters. The van der Waals surface area contributed by atoms with Crippen LogP contribution < -0.4 is 5.32 Å². The highest BCUT2D eigenvalue weighted by Gasteiger charge is 2.23. The summed E-state index contributed by atoms with van der Waals surface area (Å²) in [5, 5.41) is 5.43. The van der Waals surface area contributed by atoms with Crippen LogP contribution in [0, 0.1) is 0 Å². The molecular formula is C18H24ClN3. The molecular weight excluding hydrogens is 294 g/mol. The first-order chi connectivity index (χ1) is 10.6. The molecule has 1 aromatic carbocycles. The molecule has 1 N–H and O–H groups in total. The second kappa shape index (κ2) is 6.84. The van der Waals surface area contributed by atoms with Gasteiger partial charge in [-0.3, -0.25) is 9.88 Å². The Hall–Kier alpha value is -1.32. The van der Waals surface area contributed by atoms with Crippen molar-refractivity contribution in [2.45, 2.75) is 45.2 Å². The van der Waals surface area contributed by atoms with Gasteiger partial charge in [-0.05, 0) is 51.0 Å². The van der Waals surface area contributed by atoms with Crippen molar-refractivity contribution in [3.63, 3.8) is 0 Å². The van der Waals surface area contributed by atoms with Crippen LogP contribution in [-0.2, 0) is 0 Å². The molecule has 1 aliphatic rings. The van der Waals surface area contributed by atoms with Gasteiger partial charge in [0.05, 0.1) is 5.52 Å². The fourth-order valence-corrected chi connectivity index (χ4v) is 3.68. The van der Waals surface area contributed by atoms with Gasteiger partial charge in [-0.1, -0.05) is 18.0 Å². The molecule has 2 aromatic rings. The van der Waals surface area contributed by atoms with Gasteiger partial charge in [0.2, 0.25) is 0 Å². The van der Waals surface area contributed by atoms with E-state index < -0.39 is 0 Å². The number of halogens is 1. The fraction of sp³-hybridized carbons (Fsp3) is 0.500. The van der Waals surface area contributed by atoms with Gasteiger partial charge in [0, 0.05) is 47.5 Å². The minimum absolute atomic E-state index is 0.693.